The first-order chi connectivity index (χ1) is 9.34. The molecule has 0 amide bonds. The Kier molecular flexibility index (Phi) is 4.63. The van der Waals surface area contributed by atoms with E-state index in [0.29, 0.717) is 22.5 Å². The van der Waals surface area contributed by atoms with E-state index in [0.717, 1.165) is 18.5 Å². The second-order valence-electron chi connectivity index (χ2n) is 6.72. The zero-order chi connectivity index (χ0) is 14.8. The molecule has 0 saturated heterocycles. The van der Waals surface area contributed by atoms with E-state index in [1.54, 1.807) is 12.1 Å². The smallest absolute Gasteiger partial charge is 0.170 e. The Morgan fingerprint density at radius 2 is 1.90 bits per heavy atom. The molecule has 110 valence electrons. The summed E-state index contributed by atoms with van der Waals surface area (Å²) in [6.45, 7) is 6.92. The minimum Gasteiger partial charge on any atom is -0.360 e. The van der Waals surface area contributed by atoms with E-state index in [1.807, 2.05) is 0 Å². The van der Waals surface area contributed by atoms with Crippen LogP contribution in [0.15, 0.2) is 24.3 Å². The van der Waals surface area contributed by atoms with Gasteiger partial charge in [-0.15, -0.1) is 0 Å². The van der Waals surface area contributed by atoms with Gasteiger partial charge in [-0.1, -0.05) is 20.8 Å². The number of hydrogen-bond donors (Lipinski definition) is 2. The number of thiocarbonyl (C=S) groups is 1. The third-order valence-corrected chi connectivity index (χ3v) is 4.04. The van der Waals surface area contributed by atoms with Gasteiger partial charge in [0.05, 0.1) is 0 Å². The van der Waals surface area contributed by atoms with Gasteiger partial charge >= 0.3 is 0 Å². The second-order valence-corrected chi connectivity index (χ2v) is 7.12. The van der Waals surface area contributed by atoms with E-state index in [4.69, 9.17) is 12.2 Å². The van der Waals surface area contributed by atoms with Crippen LogP contribution < -0.4 is 10.6 Å². The molecule has 1 aromatic carbocycles. The summed E-state index contributed by atoms with van der Waals surface area (Å²) < 4.78 is 12.8. The molecule has 0 heterocycles. The highest BCUT2D eigenvalue weighted by atomic mass is 32.1. The van der Waals surface area contributed by atoms with Crippen LogP contribution in [-0.4, -0.2) is 11.2 Å². The number of anilines is 1. The predicted molar refractivity (Wildman–Crippen MR) is 86.3 cm³/mol. The predicted octanol–water partition coefficient (Wildman–Crippen LogP) is 4.33. The van der Waals surface area contributed by atoms with Gasteiger partial charge in [-0.25, -0.2) is 4.39 Å². The lowest BCUT2D eigenvalue weighted by molar-refractivity contribution is 0.162. The van der Waals surface area contributed by atoms with E-state index in [2.05, 4.69) is 31.4 Å². The molecular formula is C16H23FN2S. The van der Waals surface area contributed by atoms with Crippen molar-refractivity contribution in [3.05, 3.63) is 30.1 Å². The van der Waals surface area contributed by atoms with Gasteiger partial charge in [0.15, 0.2) is 5.11 Å². The molecule has 2 N–H and O–H groups in total. The summed E-state index contributed by atoms with van der Waals surface area (Å²) in [7, 11) is 0. The van der Waals surface area contributed by atoms with E-state index in [1.165, 1.54) is 18.6 Å². The fraction of sp³-hybridized carbons (Fsp3) is 0.562. The lowest BCUT2D eigenvalue weighted by Gasteiger charge is -2.39. The number of halogens is 1. The van der Waals surface area contributed by atoms with Crippen LogP contribution in [0.5, 0.6) is 0 Å². The summed E-state index contributed by atoms with van der Waals surface area (Å²) >= 11 is 5.35. The van der Waals surface area contributed by atoms with Crippen molar-refractivity contribution in [2.24, 2.45) is 11.3 Å². The van der Waals surface area contributed by atoms with Crippen LogP contribution in [-0.2, 0) is 0 Å². The van der Waals surface area contributed by atoms with Crippen molar-refractivity contribution in [2.75, 3.05) is 5.32 Å². The Bertz CT molecular complexity index is 470. The number of benzene rings is 1. The van der Waals surface area contributed by atoms with Crippen LogP contribution in [0.3, 0.4) is 0 Å². The average molecular weight is 294 g/mol. The largest absolute Gasteiger partial charge is 0.360 e. The lowest BCUT2D eigenvalue weighted by atomic mass is 9.71. The van der Waals surface area contributed by atoms with E-state index >= 15 is 0 Å². The normalized spacial score (nSPS) is 25.0. The Hall–Kier alpha value is -1.16. The van der Waals surface area contributed by atoms with Gasteiger partial charge in [0.2, 0.25) is 0 Å². The average Bonchev–Trinajstić information content (AvgIpc) is 2.29. The molecule has 2 atom stereocenters. The molecule has 2 rings (SSSR count). The number of hydrogen-bond acceptors (Lipinski definition) is 1. The molecule has 20 heavy (non-hydrogen) atoms. The molecule has 2 nitrogen and oxygen atoms in total. The summed E-state index contributed by atoms with van der Waals surface area (Å²) in [6, 6.07) is 6.65. The third-order valence-electron chi connectivity index (χ3n) is 3.82. The summed E-state index contributed by atoms with van der Waals surface area (Å²) in [5.41, 5.74) is 1.17. The monoisotopic (exact) mass is 294 g/mol. The molecule has 1 aromatic rings. The van der Waals surface area contributed by atoms with Crippen LogP contribution in [0.2, 0.25) is 0 Å². The molecule has 2 unspecified atom stereocenters. The van der Waals surface area contributed by atoms with Crippen LogP contribution in [0.25, 0.3) is 0 Å². The standard InChI is InChI=1S/C16H23FN2S/c1-11-8-14(10-16(2,3)9-11)19-15(20)18-13-6-4-12(17)5-7-13/h4-7,11,14H,8-10H2,1-3H3,(H2,18,19,20). The van der Waals surface area contributed by atoms with Crippen molar-refractivity contribution in [3.8, 4) is 0 Å². The molecule has 4 heteroatoms. The van der Waals surface area contributed by atoms with Crippen molar-refractivity contribution in [1.29, 1.82) is 0 Å². The van der Waals surface area contributed by atoms with Crippen LogP contribution in [0, 0.1) is 17.2 Å². The van der Waals surface area contributed by atoms with Gasteiger partial charge in [0.1, 0.15) is 5.82 Å². The number of rotatable bonds is 2. The second kappa shape index (κ2) is 6.08. The maximum atomic E-state index is 12.8. The molecule has 0 bridgehead atoms. The fourth-order valence-corrected chi connectivity index (χ4v) is 3.63. The first-order valence-corrected chi connectivity index (χ1v) is 7.58. The van der Waals surface area contributed by atoms with Crippen molar-refractivity contribution in [3.63, 3.8) is 0 Å². The quantitative estimate of drug-likeness (QED) is 0.794. The Morgan fingerprint density at radius 3 is 2.50 bits per heavy atom. The zero-order valence-electron chi connectivity index (χ0n) is 12.4. The summed E-state index contributed by atoms with van der Waals surface area (Å²) in [6.07, 6.45) is 3.54. The Morgan fingerprint density at radius 1 is 1.25 bits per heavy atom. The molecule has 0 aliphatic heterocycles. The highest BCUT2D eigenvalue weighted by Crippen LogP contribution is 2.38. The van der Waals surface area contributed by atoms with E-state index in [-0.39, 0.29) is 5.82 Å². The van der Waals surface area contributed by atoms with Crippen LogP contribution >= 0.6 is 12.2 Å². The van der Waals surface area contributed by atoms with Crippen molar-refractivity contribution < 1.29 is 4.39 Å². The maximum Gasteiger partial charge on any atom is 0.170 e. The molecule has 1 aliphatic rings. The summed E-state index contributed by atoms with van der Waals surface area (Å²) in [5, 5.41) is 7.12. The van der Waals surface area contributed by atoms with Gasteiger partial charge < -0.3 is 10.6 Å². The highest BCUT2D eigenvalue weighted by Gasteiger charge is 2.32. The van der Waals surface area contributed by atoms with Crippen LogP contribution in [0.4, 0.5) is 10.1 Å². The molecule has 0 radical (unpaired) electrons. The van der Waals surface area contributed by atoms with Gasteiger partial charge in [0, 0.05) is 11.7 Å². The zero-order valence-corrected chi connectivity index (χ0v) is 13.2. The molecule has 1 saturated carbocycles. The Labute approximate surface area is 126 Å². The number of nitrogens with one attached hydrogen (secondary N) is 2. The topological polar surface area (TPSA) is 24.1 Å². The minimum atomic E-state index is -0.239. The van der Waals surface area contributed by atoms with E-state index < -0.39 is 0 Å². The minimum absolute atomic E-state index is 0.239. The summed E-state index contributed by atoms with van der Waals surface area (Å²) in [4.78, 5) is 0. The highest BCUT2D eigenvalue weighted by molar-refractivity contribution is 7.80. The van der Waals surface area contributed by atoms with Crippen LogP contribution in [0.1, 0.15) is 40.0 Å². The van der Waals surface area contributed by atoms with Gasteiger partial charge in [-0.05, 0) is 67.1 Å². The van der Waals surface area contributed by atoms with Gasteiger partial charge in [0.25, 0.3) is 0 Å². The maximum absolute atomic E-state index is 12.8. The van der Waals surface area contributed by atoms with Crippen molar-refractivity contribution in [2.45, 2.75) is 46.1 Å². The first-order valence-electron chi connectivity index (χ1n) is 7.17. The van der Waals surface area contributed by atoms with Gasteiger partial charge in [-0.2, -0.15) is 0 Å². The first kappa shape index (κ1) is 15.2. The lowest BCUT2D eigenvalue weighted by Crippen LogP contribution is -2.44. The third kappa shape index (κ3) is 4.44. The molecule has 1 aliphatic carbocycles. The van der Waals surface area contributed by atoms with E-state index in [9.17, 15) is 4.39 Å². The Balaban J connectivity index is 1.89. The molecular weight excluding hydrogens is 271 g/mol. The SMILES string of the molecule is CC1CC(NC(=S)Nc2ccc(F)cc2)CC(C)(C)C1. The fourth-order valence-electron chi connectivity index (χ4n) is 3.34. The molecule has 1 fully saturated rings. The van der Waals surface area contributed by atoms with Crippen molar-refractivity contribution >= 4 is 23.0 Å². The molecule has 0 aromatic heterocycles. The summed E-state index contributed by atoms with van der Waals surface area (Å²) in [5.74, 6) is 0.474. The molecule has 0 spiro atoms. The van der Waals surface area contributed by atoms with Gasteiger partial charge in [-0.3, -0.25) is 0 Å². The van der Waals surface area contributed by atoms with Crippen molar-refractivity contribution in [1.82, 2.24) is 5.32 Å².